The van der Waals surface area contributed by atoms with E-state index >= 15 is 0 Å². The van der Waals surface area contributed by atoms with Gasteiger partial charge in [0.25, 0.3) is 0 Å². The molecular weight excluding hydrogens is 486 g/mol. The fraction of sp³-hybridized carbons (Fsp3) is 0. The molecule has 0 spiro atoms. The van der Waals surface area contributed by atoms with Crippen molar-refractivity contribution in [2.75, 3.05) is 5.32 Å². The van der Waals surface area contributed by atoms with Crippen LogP contribution in [-0.2, 0) is 0 Å². The molecule has 0 radical (unpaired) electrons. The lowest BCUT2D eigenvalue weighted by atomic mass is 9.96. The average Bonchev–Trinajstić information content (AvgIpc) is 3.38. The van der Waals surface area contributed by atoms with Gasteiger partial charge in [-0.2, -0.15) is 0 Å². The fourth-order valence-electron chi connectivity index (χ4n) is 5.69. The molecule has 40 heavy (non-hydrogen) atoms. The number of fused-ring (bicyclic) bond motifs is 5. The van der Waals surface area contributed by atoms with Crippen LogP contribution in [0.5, 0.6) is 0 Å². The Hall–Kier alpha value is -5.34. The summed E-state index contributed by atoms with van der Waals surface area (Å²) in [6.45, 7) is 0. The molecule has 0 aliphatic heterocycles. The summed E-state index contributed by atoms with van der Waals surface area (Å²) >= 11 is 0. The van der Waals surface area contributed by atoms with Crippen LogP contribution in [-0.4, -0.2) is 0 Å². The molecule has 0 amide bonds. The molecule has 0 aliphatic rings. The second-order valence-corrected chi connectivity index (χ2v) is 10.4. The molecule has 1 heterocycles. The van der Waals surface area contributed by atoms with Gasteiger partial charge >= 0.3 is 0 Å². The summed E-state index contributed by atoms with van der Waals surface area (Å²) in [7, 11) is 0. The number of furan rings is 1. The number of anilines is 2. The first-order valence-corrected chi connectivity index (χ1v) is 13.6. The predicted molar refractivity (Wildman–Crippen MR) is 169 cm³/mol. The van der Waals surface area contributed by atoms with Crippen LogP contribution in [0.25, 0.3) is 65.7 Å². The number of rotatable bonds is 4. The smallest absolute Gasteiger partial charge is 0.137 e. The Balaban J connectivity index is 1.04. The van der Waals surface area contributed by atoms with Gasteiger partial charge < -0.3 is 9.73 Å². The van der Waals surface area contributed by atoms with E-state index in [9.17, 15) is 0 Å². The Kier molecular flexibility index (Phi) is 5.17. The Labute approximate surface area is 232 Å². The number of hydrogen-bond donors (Lipinski definition) is 1. The highest BCUT2D eigenvalue weighted by Gasteiger charge is 2.08. The second kappa shape index (κ2) is 9.14. The predicted octanol–water partition coefficient (Wildman–Crippen LogP) is 11.0. The normalized spacial score (nSPS) is 11.5. The molecule has 2 heteroatoms. The van der Waals surface area contributed by atoms with Crippen LogP contribution < -0.4 is 5.32 Å². The topological polar surface area (TPSA) is 25.2 Å². The third-order valence-corrected chi connectivity index (χ3v) is 7.81. The molecule has 1 aromatic heterocycles. The van der Waals surface area contributed by atoms with Gasteiger partial charge in [0.1, 0.15) is 11.2 Å². The van der Waals surface area contributed by atoms with Crippen LogP contribution >= 0.6 is 0 Å². The molecule has 7 aromatic carbocycles. The van der Waals surface area contributed by atoms with E-state index in [1.165, 1.54) is 43.8 Å². The van der Waals surface area contributed by atoms with Crippen molar-refractivity contribution in [2.45, 2.75) is 0 Å². The molecular formula is C38H25NO. The van der Waals surface area contributed by atoms with Crippen molar-refractivity contribution < 1.29 is 4.42 Å². The molecule has 0 aliphatic carbocycles. The van der Waals surface area contributed by atoms with Crippen LogP contribution in [0.1, 0.15) is 0 Å². The monoisotopic (exact) mass is 511 g/mol. The molecule has 8 rings (SSSR count). The van der Waals surface area contributed by atoms with Crippen molar-refractivity contribution in [1.29, 1.82) is 0 Å². The molecule has 0 bridgehead atoms. The number of benzene rings is 7. The van der Waals surface area contributed by atoms with E-state index in [-0.39, 0.29) is 0 Å². The Morgan fingerprint density at radius 2 is 0.875 bits per heavy atom. The van der Waals surface area contributed by atoms with E-state index in [1.54, 1.807) is 0 Å². The second-order valence-electron chi connectivity index (χ2n) is 10.4. The van der Waals surface area contributed by atoms with E-state index in [2.05, 4.69) is 133 Å². The Morgan fingerprint density at radius 1 is 0.350 bits per heavy atom. The van der Waals surface area contributed by atoms with Crippen molar-refractivity contribution in [3.05, 3.63) is 146 Å². The van der Waals surface area contributed by atoms with Crippen LogP contribution in [0.4, 0.5) is 11.4 Å². The molecule has 2 nitrogen and oxygen atoms in total. The van der Waals surface area contributed by atoms with Gasteiger partial charge in [-0.15, -0.1) is 0 Å². The van der Waals surface area contributed by atoms with E-state index < -0.39 is 0 Å². The zero-order valence-electron chi connectivity index (χ0n) is 21.8. The van der Waals surface area contributed by atoms with Gasteiger partial charge in [-0.05, 0) is 92.3 Å². The third-order valence-electron chi connectivity index (χ3n) is 7.81. The first-order chi connectivity index (χ1) is 19.8. The summed E-state index contributed by atoms with van der Waals surface area (Å²) < 4.78 is 6.05. The van der Waals surface area contributed by atoms with Gasteiger partial charge in [-0.1, -0.05) is 91.0 Å². The van der Waals surface area contributed by atoms with Crippen LogP contribution in [0, 0.1) is 0 Å². The molecule has 0 atom stereocenters. The molecule has 1 N–H and O–H groups in total. The van der Waals surface area contributed by atoms with Crippen LogP contribution in [0.3, 0.4) is 0 Å². The summed E-state index contributed by atoms with van der Waals surface area (Å²) in [6, 6.07) is 51.7. The van der Waals surface area contributed by atoms with E-state index in [0.29, 0.717) is 0 Å². The number of nitrogens with one attached hydrogen (secondary N) is 1. The summed E-state index contributed by atoms with van der Waals surface area (Å²) in [6.07, 6.45) is 0. The van der Waals surface area contributed by atoms with Gasteiger partial charge in [-0.3, -0.25) is 0 Å². The molecule has 0 saturated carbocycles. The highest BCUT2D eigenvalue weighted by atomic mass is 16.3. The van der Waals surface area contributed by atoms with E-state index in [1.807, 2.05) is 18.2 Å². The Bertz CT molecular complexity index is 2190. The summed E-state index contributed by atoms with van der Waals surface area (Å²) in [5, 5.41) is 10.8. The summed E-state index contributed by atoms with van der Waals surface area (Å²) in [4.78, 5) is 0. The minimum atomic E-state index is 0.891. The Morgan fingerprint density at radius 3 is 1.62 bits per heavy atom. The van der Waals surface area contributed by atoms with Gasteiger partial charge in [0.05, 0.1) is 0 Å². The average molecular weight is 512 g/mol. The van der Waals surface area contributed by atoms with Gasteiger partial charge in [0.2, 0.25) is 0 Å². The maximum Gasteiger partial charge on any atom is 0.137 e. The van der Waals surface area contributed by atoms with Gasteiger partial charge in [-0.25, -0.2) is 0 Å². The van der Waals surface area contributed by atoms with Gasteiger partial charge in [0.15, 0.2) is 0 Å². The first kappa shape index (κ1) is 22.6. The first-order valence-electron chi connectivity index (χ1n) is 13.6. The lowest BCUT2D eigenvalue weighted by Crippen LogP contribution is -1.90. The van der Waals surface area contributed by atoms with Crippen molar-refractivity contribution >= 4 is 54.9 Å². The van der Waals surface area contributed by atoms with Crippen molar-refractivity contribution in [1.82, 2.24) is 0 Å². The van der Waals surface area contributed by atoms with E-state index in [0.717, 1.165) is 33.3 Å². The minimum Gasteiger partial charge on any atom is -0.456 e. The standard InChI is InChI=1S/C38H25NO/c1-2-6-27-21-29(10-9-25(27)5-1)32-14-13-30-22-28(11-12-31(30)23-32)26-15-17-33(18-16-26)39-34-19-20-36-35-7-3-4-8-37(35)40-38(36)24-34/h1-24,39H. The van der Waals surface area contributed by atoms with Crippen LogP contribution in [0.2, 0.25) is 0 Å². The van der Waals surface area contributed by atoms with Crippen molar-refractivity contribution in [3.63, 3.8) is 0 Å². The lowest BCUT2D eigenvalue weighted by Gasteiger charge is -2.10. The highest BCUT2D eigenvalue weighted by molar-refractivity contribution is 6.05. The molecule has 0 fully saturated rings. The van der Waals surface area contributed by atoms with E-state index in [4.69, 9.17) is 4.42 Å². The zero-order chi connectivity index (χ0) is 26.5. The van der Waals surface area contributed by atoms with Gasteiger partial charge in [0, 0.05) is 28.2 Å². The minimum absolute atomic E-state index is 0.891. The SMILES string of the molecule is c1ccc2cc(-c3ccc4cc(-c5ccc(Nc6ccc7c(c6)oc6ccccc67)cc5)ccc4c3)ccc2c1. The molecule has 188 valence electrons. The molecule has 8 aromatic rings. The quantitative estimate of drug-likeness (QED) is 0.254. The summed E-state index contributed by atoms with van der Waals surface area (Å²) in [5.41, 5.74) is 8.74. The summed E-state index contributed by atoms with van der Waals surface area (Å²) in [5.74, 6) is 0. The molecule has 0 unspecified atom stereocenters. The maximum absolute atomic E-state index is 6.05. The molecule has 0 saturated heterocycles. The number of para-hydroxylation sites is 1. The zero-order valence-corrected chi connectivity index (χ0v) is 21.8. The van der Waals surface area contributed by atoms with Crippen molar-refractivity contribution in [3.8, 4) is 22.3 Å². The highest BCUT2D eigenvalue weighted by Crippen LogP contribution is 2.33. The largest absolute Gasteiger partial charge is 0.456 e. The lowest BCUT2D eigenvalue weighted by molar-refractivity contribution is 0.669. The number of hydrogen-bond acceptors (Lipinski definition) is 2. The van der Waals surface area contributed by atoms with Crippen LogP contribution in [0.15, 0.2) is 150 Å². The van der Waals surface area contributed by atoms with Crippen molar-refractivity contribution in [2.24, 2.45) is 0 Å². The maximum atomic E-state index is 6.05. The third kappa shape index (κ3) is 3.98. The fourth-order valence-corrected chi connectivity index (χ4v) is 5.69.